The van der Waals surface area contributed by atoms with Crippen LogP contribution in [-0.2, 0) is 4.74 Å². The molecule has 0 rings (SSSR count). The van der Waals surface area contributed by atoms with Crippen LogP contribution >= 0.6 is 0 Å². The van der Waals surface area contributed by atoms with E-state index in [-0.39, 0.29) is 0 Å². The molecule has 0 aromatic carbocycles. The lowest BCUT2D eigenvalue weighted by Gasteiger charge is -2.30. The molecule has 0 heterocycles. The molecule has 0 aliphatic heterocycles. The van der Waals surface area contributed by atoms with Crippen molar-refractivity contribution in [2.24, 2.45) is 5.92 Å². The maximum atomic E-state index is 5.14. The van der Waals surface area contributed by atoms with Gasteiger partial charge in [-0.2, -0.15) is 0 Å². The molecule has 0 saturated carbocycles. The van der Waals surface area contributed by atoms with E-state index in [1.165, 1.54) is 6.42 Å². The van der Waals surface area contributed by atoms with Crippen LogP contribution in [0.15, 0.2) is 0 Å². The molecule has 0 bridgehead atoms. The Hall–Kier alpha value is -0.120. The van der Waals surface area contributed by atoms with E-state index in [1.54, 1.807) is 7.11 Å². The minimum absolute atomic E-state index is 0.604. The summed E-state index contributed by atoms with van der Waals surface area (Å²) in [5, 5.41) is 3.59. The van der Waals surface area contributed by atoms with Crippen LogP contribution in [0.2, 0.25) is 0 Å². The Morgan fingerprint density at radius 3 is 2.38 bits per heavy atom. The molecule has 0 radical (unpaired) electrons. The van der Waals surface area contributed by atoms with E-state index in [1.807, 2.05) is 0 Å². The van der Waals surface area contributed by atoms with Crippen LogP contribution < -0.4 is 5.32 Å². The van der Waals surface area contributed by atoms with Crippen molar-refractivity contribution in [1.82, 2.24) is 10.2 Å². The summed E-state index contributed by atoms with van der Waals surface area (Å²) < 4.78 is 5.14. The van der Waals surface area contributed by atoms with E-state index >= 15 is 0 Å². The molecule has 0 amide bonds. The summed E-state index contributed by atoms with van der Waals surface area (Å²) in [6.45, 7) is 14.1. The average molecular weight is 230 g/mol. The van der Waals surface area contributed by atoms with Gasteiger partial charge >= 0.3 is 0 Å². The number of hydrogen-bond donors (Lipinski definition) is 1. The second-order valence-electron chi connectivity index (χ2n) is 4.44. The molecule has 0 aliphatic carbocycles. The van der Waals surface area contributed by atoms with Crippen molar-refractivity contribution in [2.75, 3.05) is 39.9 Å². The van der Waals surface area contributed by atoms with Crippen molar-refractivity contribution in [1.29, 1.82) is 0 Å². The standard InChI is InChI=1S/C13H30N2O/c1-6-12(4)13(14-7-2)11-15(8-3)9-10-16-5/h12-14H,6-11H2,1-5H3. The third kappa shape index (κ3) is 6.46. The Kier molecular flexibility index (Phi) is 9.99. The van der Waals surface area contributed by atoms with Crippen LogP contribution in [0.25, 0.3) is 0 Å². The zero-order valence-corrected chi connectivity index (χ0v) is 11.8. The second kappa shape index (κ2) is 10.1. The lowest BCUT2D eigenvalue weighted by atomic mass is 9.98. The Morgan fingerprint density at radius 1 is 1.25 bits per heavy atom. The van der Waals surface area contributed by atoms with Crippen LogP contribution in [-0.4, -0.2) is 50.8 Å². The van der Waals surface area contributed by atoms with E-state index in [0.717, 1.165) is 38.7 Å². The molecule has 0 fully saturated rings. The highest BCUT2D eigenvalue weighted by Crippen LogP contribution is 2.09. The molecule has 2 unspecified atom stereocenters. The zero-order valence-electron chi connectivity index (χ0n) is 11.8. The lowest BCUT2D eigenvalue weighted by Crippen LogP contribution is -2.45. The van der Waals surface area contributed by atoms with Gasteiger partial charge in [0.2, 0.25) is 0 Å². The molecule has 16 heavy (non-hydrogen) atoms. The van der Waals surface area contributed by atoms with Gasteiger partial charge in [0.25, 0.3) is 0 Å². The van der Waals surface area contributed by atoms with Crippen molar-refractivity contribution in [2.45, 2.75) is 40.2 Å². The quantitative estimate of drug-likeness (QED) is 0.621. The Balaban J connectivity index is 4.11. The fourth-order valence-electron chi connectivity index (χ4n) is 1.87. The van der Waals surface area contributed by atoms with Crippen LogP contribution in [0.5, 0.6) is 0 Å². The van der Waals surface area contributed by atoms with Crippen molar-refractivity contribution in [3.05, 3.63) is 0 Å². The third-order valence-corrected chi connectivity index (χ3v) is 3.31. The van der Waals surface area contributed by atoms with E-state index in [2.05, 4.69) is 37.9 Å². The molecule has 0 aromatic rings. The number of likely N-dealkylation sites (N-methyl/N-ethyl adjacent to an activating group) is 2. The molecule has 98 valence electrons. The Labute approximate surface area is 102 Å². The van der Waals surface area contributed by atoms with Gasteiger partial charge in [0.05, 0.1) is 6.61 Å². The zero-order chi connectivity index (χ0) is 12.4. The van der Waals surface area contributed by atoms with Gasteiger partial charge in [0, 0.05) is 26.2 Å². The fraction of sp³-hybridized carbons (Fsp3) is 1.00. The molecular formula is C13H30N2O. The van der Waals surface area contributed by atoms with Gasteiger partial charge in [0.1, 0.15) is 0 Å². The smallest absolute Gasteiger partial charge is 0.0589 e. The predicted octanol–water partition coefficient (Wildman–Crippen LogP) is 1.98. The maximum Gasteiger partial charge on any atom is 0.0589 e. The number of nitrogens with zero attached hydrogens (tertiary/aromatic N) is 1. The Morgan fingerprint density at radius 2 is 1.94 bits per heavy atom. The van der Waals surface area contributed by atoms with Crippen LogP contribution in [0, 0.1) is 5.92 Å². The van der Waals surface area contributed by atoms with Crippen molar-refractivity contribution in [3.63, 3.8) is 0 Å². The van der Waals surface area contributed by atoms with Crippen LogP contribution in [0.4, 0.5) is 0 Å². The van der Waals surface area contributed by atoms with Crippen molar-refractivity contribution >= 4 is 0 Å². The molecule has 0 aliphatic rings. The molecular weight excluding hydrogens is 200 g/mol. The predicted molar refractivity (Wildman–Crippen MR) is 70.9 cm³/mol. The number of methoxy groups -OCH3 is 1. The first-order valence-corrected chi connectivity index (χ1v) is 6.64. The number of hydrogen-bond acceptors (Lipinski definition) is 3. The summed E-state index contributed by atoms with van der Waals surface area (Å²) in [4.78, 5) is 2.46. The number of rotatable bonds is 10. The summed E-state index contributed by atoms with van der Waals surface area (Å²) in [5.74, 6) is 0.733. The monoisotopic (exact) mass is 230 g/mol. The van der Waals surface area contributed by atoms with Crippen molar-refractivity contribution < 1.29 is 4.74 Å². The fourth-order valence-corrected chi connectivity index (χ4v) is 1.87. The van der Waals surface area contributed by atoms with Crippen molar-refractivity contribution in [3.8, 4) is 0 Å². The number of ether oxygens (including phenoxy) is 1. The molecule has 3 nitrogen and oxygen atoms in total. The summed E-state index contributed by atoms with van der Waals surface area (Å²) in [6, 6.07) is 0.604. The molecule has 2 atom stereocenters. The van der Waals surface area contributed by atoms with Gasteiger partial charge in [-0.1, -0.05) is 34.1 Å². The Bertz CT molecular complexity index is 153. The van der Waals surface area contributed by atoms with Gasteiger partial charge in [-0.15, -0.1) is 0 Å². The topological polar surface area (TPSA) is 24.5 Å². The minimum Gasteiger partial charge on any atom is -0.383 e. The third-order valence-electron chi connectivity index (χ3n) is 3.31. The summed E-state index contributed by atoms with van der Waals surface area (Å²) >= 11 is 0. The summed E-state index contributed by atoms with van der Waals surface area (Å²) in [7, 11) is 1.77. The van der Waals surface area contributed by atoms with E-state index in [9.17, 15) is 0 Å². The first-order chi connectivity index (χ1) is 7.69. The van der Waals surface area contributed by atoms with Gasteiger partial charge in [0.15, 0.2) is 0 Å². The summed E-state index contributed by atoms with van der Waals surface area (Å²) in [6.07, 6.45) is 1.24. The highest BCUT2D eigenvalue weighted by molar-refractivity contribution is 4.76. The van der Waals surface area contributed by atoms with E-state index in [4.69, 9.17) is 4.74 Å². The van der Waals surface area contributed by atoms with Gasteiger partial charge in [-0.25, -0.2) is 0 Å². The van der Waals surface area contributed by atoms with Gasteiger partial charge in [-0.05, 0) is 19.0 Å². The molecule has 3 heteroatoms. The first kappa shape index (κ1) is 15.9. The largest absolute Gasteiger partial charge is 0.383 e. The van der Waals surface area contributed by atoms with Crippen LogP contribution in [0.3, 0.4) is 0 Å². The first-order valence-electron chi connectivity index (χ1n) is 6.64. The molecule has 0 saturated heterocycles. The minimum atomic E-state index is 0.604. The van der Waals surface area contributed by atoms with Gasteiger partial charge < -0.3 is 10.1 Å². The lowest BCUT2D eigenvalue weighted by molar-refractivity contribution is 0.137. The molecule has 0 aromatic heterocycles. The summed E-state index contributed by atoms with van der Waals surface area (Å²) in [5.41, 5.74) is 0. The highest BCUT2D eigenvalue weighted by Gasteiger charge is 2.17. The average Bonchev–Trinajstić information content (AvgIpc) is 2.32. The number of nitrogens with one attached hydrogen (secondary N) is 1. The van der Waals surface area contributed by atoms with Crippen LogP contribution in [0.1, 0.15) is 34.1 Å². The second-order valence-corrected chi connectivity index (χ2v) is 4.44. The SMILES string of the molecule is CCNC(CN(CC)CCOC)C(C)CC. The highest BCUT2D eigenvalue weighted by atomic mass is 16.5. The normalized spacial score (nSPS) is 15.4. The van der Waals surface area contributed by atoms with E-state index < -0.39 is 0 Å². The molecule has 1 N–H and O–H groups in total. The maximum absolute atomic E-state index is 5.14. The van der Waals surface area contributed by atoms with E-state index in [0.29, 0.717) is 6.04 Å². The van der Waals surface area contributed by atoms with Gasteiger partial charge in [-0.3, -0.25) is 4.90 Å². The molecule has 0 spiro atoms.